The molecule has 3 N–H and O–H groups in total. The summed E-state index contributed by atoms with van der Waals surface area (Å²) in [7, 11) is -5.14. The normalized spacial score (nSPS) is 32.6. The highest BCUT2D eigenvalue weighted by atomic mass is 35.5. The van der Waals surface area contributed by atoms with E-state index in [1.807, 2.05) is 0 Å². The molecule has 1 aromatic heterocycles. The zero-order valence-electron chi connectivity index (χ0n) is 24.8. The van der Waals surface area contributed by atoms with Crippen LogP contribution in [0.3, 0.4) is 0 Å². The summed E-state index contributed by atoms with van der Waals surface area (Å²) >= 11 is 10.7. The summed E-state index contributed by atoms with van der Waals surface area (Å²) in [6.45, 7) is 6.00. The maximum absolute atomic E-state index is 16.2. The van der Waals surface area contributed by atoms with E-state index in [4.69, 9.17) is 46.2 Å². The first kappa shape index (κ1) is 26.2. The van der Waals surface area contributed by atoms with Gasteiger partial charge in [-0.15, -0.1) is 0 Å². The van der Waals surface area contributed by atoms with Crippen molar-refractivity contribution in [1.82, 2.24) is 9.55 Å². The Kier molecular flexibility index (Phi) is 6.71. The number of aromatic nitrogens is 2. The Balaban J connectivity index is 1.74. The lowest BCUT2D eigenvalue weighted by atomic mass is 9.78. The molecule has 15 heteroatoms. The number of ether oxygens (including phenoxy) is 1. The van der Waals surface area contributed by atoms with Gasteiger partial charge < -0.3 is 19.5 Å². The number of phosphoric ester groups is 1. The summed E-state index contributed by atoms with van der Waals surface area (Å²) in [4.78, 5) is 14.5. The summed E-state index contributed by atoms with van der Waals surface area (Å²) < 4.78 is 90.6. The third kappa shape index (κ3) is 5.60. The van der Waals surface area contributed by atoms with E-state index in [2.05, 4.69) is 4.98 Å². The number of phosphoric acid groups is 1. The summed E-state index contributed by atoms with van der Waals surface area (Å²) in [5, 5.41) is 20.8. The molecule has 0 saturated carbocycles. The number of H-pyrrole nitrogens is 1. The summed E-state index contributed by atoms with van der Waals surface area (Å²) in [5.74, 6) is -5.11. The van der Waals surface area contributed by atoms with Crippen LogP contribution in [0.25, 0.3) is 0 Å². The number of nitrogens with one attached hydrogen (secondary N) is 1. The van der Waals surface area contributed by atoms with Gasteiger partial charge >= 0.3 is 13.5 Å². The van der Waals surface area contributed by atoms with Gasteiger partial charge in [0.2, 0.25) is 0 Å². The van der Waals surface area contributed by atoms with E-state index in [0.717, 1.165) is 0 Å². The van der Waals surface area contributed by atoms with Gasteiger partial charge in [-0.2, -0.15) is 0 Å². The topological polar surface area (TPSA) is 132 Å². The quantitative estimate of drug-likeness (QED) is 0.324. The monoisotopic (exact) mass is 613 g/mol. The number of fused-ring (bicyclic) bond motifs is 1. The van der Waals surface area contributed by atoms with Gasteiger partial charge in [0.05, 0.1) is 21.3 Å². The minimum absolute atomic E-state index is 0.117. The Hall–Kier alpha value is -1.70. The summed E-state index contributed by atoms with van der Waals surface area (Å²) in [6, 6.07) is 1.53. The maximum atomic E-state index is 16.2. The number of aromatic amines is 1. The zero-order valence-corrected chi connectivity index (χ0v) is 24.3. The molecular formula is C24H30ClF2N2O8PS. The Morgan fingerprint density at radius 3 is 2.54 bits per heavy atom. The van der Waals surface area contributed by atoms with Crippen molar-refractivity contribution in [2.24, 2.45) is 0 Å². The lowest BCUT2D eigenvalue weighted by Crippen LogP contribution is -2.43. The van der Waals surface area contributed by atoms with Gasteiger partial charge in [0.1, 0.15) is 35.0 Å². The summed E-state index contributed by atoms with van der Waals surface area (Å²) in [6.07, 6.45) is -8.01. The van der Waals surface area contributed by atoms with E-state index in [9.17, 15) is 19.6 Å². The minimum Gasteiger partial charge on any atom is -0.403 e. The third-order valence-electron chi connectivity index (χ3n) is 6.11. The first-order valence-corrected chi connectivity index (χ1v) is 13.9. The van der Waals surface area contributed by atoms with Crippen LogP contribution in [-0.4, -0.2) is 44.4 Å². The predicted octanol–water partition coefficient (Wildman–Crippen LogP) is 4.94. The number of hydrogen-bond acceptors (Lipinski definition) is 9. The fourth-order valence-electron chi connectivity index (χ4n) is 3.97. The van der Waals surface area contributed by atoms with Crippen molar-refractivity contribution in [3.05, 3.63) is 54.9 Å². The molecule has 2 aliphatic rings. The van der Waals surface area contributed by atoms with Crippen molar-refractivity contribution in [2.75, 3.05) is 6.56 Å². The molecule has 2 aromatic rings. The van der Waals surface area contributed by atoms with Crippen LogP contribution < -0.4 is 10.2 Å². The van der Waals surface area contributed by atoms with Crippen molar-refractivity contribution in [1.29, 1.82) is 0 Å². The van der Waals surface area contributed by atoms with Crippen LogP contribution in [0.1, 0.15) is 68.5 Å². The molecule has 3 heterocycles. The second-order valence-corrected chi connectivity index (χ2v) is 13.5. The van der Waals surface area contributed by atoms with E-state index >= 15 is 8.78 Å². The van der Waals surface area contributed by atoms with E-state index in [-0.39, 0.29) is 25.5 Å². The molecule has 2 aliphatic heterocycles. The third-order valence-corrected chi connectivity index (χ3v) is 8.00. The smallest absolute Gasteiger partial charge is 0.403 e. The van der Waals surface area contributed by atoms with Crippen molar-refractivity contribution in [3.8, 4) is 5.75 Å². The molecule has 1 aromatic carbocycles. The van der Waals surface area contributed by atoms with Crippen LogP contribution in [0, 0.1) is 10.5 Å². The van der Waals surface area contributed by atoms with Crippen molar-refractivity contribution >= 4 is 31.6 Å². The maximum Gasteiger partial charge on any atom is 0.530 e. The van der Waals surface area contributed by atoms with Crippen LogP contribution in [0.5, 0.6) is 5.75 Å². The van der Waals surface area contributed by atoms with Gasteiger partial charge in [-0.25, -0.2) is 18.1 Å². The van der Waals surface area contributed by atoms with Crippen molar-refractivity contribution in [2.45, 2.75) is 83.2 Å². The molecule has 1 unspecified atom stereocenters. The summed E-state index contributed by atoms with van der Waals surface area (Å²) in [5.41, 5.74) is -2.01. The number of aliphatic hydroxyl groups is 2. The molecular weight excluding hydrogens is 581 g/mol. The van der Waals surface area contributed by atoms with Crippen LogP contribution in [0.4, 0.5) is 8.78 Å². The molecule has 0 radical (unpaired) electrons. The molecule has 39 heavy (non-hydrogen) atoms. The van der Waals surface area contributed by atoms with Gasteiger partial charge in [-0.05, 0) is 22.5 Å². The Morgan fingerprint density at radius 2 is 1.95 bits per heavy atom. The highest BCUT2D eigenvalue weighted by Crippen LogP contribution is 2.58. The molecule has 5 atom stereocenters. The second kappa shape index (κ2) is 9.99. The number of halogens is 3. The number of alkyl halides is 1. The van der Waals surface area contributed by atoms with Gasteiger partial charge in [-0.1, -0.05) is 65.4 Å². The number of hydrogen-bond donors (Lipinski definition) is 3. The zero-order chi connectivity index (χ0) is 32.0. The van der Waals surface area contributed by atoms with E-state index < -0.39 is 67.6 Å². The molecule has 10 nitrogen and oxygen atoms in total. The van der Waals surface area contributed by atoms with E-state index in [0.29, 0.717) is 17.3 Å². The molecule has 1 saturated heterocycles. The average molecular weight is 614 g/mol. The molecule has 4 rings (SSSR count). The first-order valence-electron chi connectivity index (χ1n) is 13.2. The largest absolute Gasteiger partial charge is 0.530 e. The van der Waals surface area contributed by atoms with Gasteiger partial charge in [0.25, 0.3) is 5.85 Å². The number of benzene rings is 1. The Labute approximate surface area is 237 Å². The minimum atomic E-state index is -5.14. The molecule has 0 bridgehead atoms. The molecule has 0 amide bonds. The molecule has 216 valence electrons. The standard InChI is InChI=1S/C24H30ClF2N2O8PS/c1-22(2,3)12-7-13(23(4,5)6)17-11(15(12)26)9-34-38(33,37-17)35-10-24(27)18(31)16(30)20(36-24)29-8-14(25)19(39)28-21(29)32/h7-8,16,18,20,30-31H,9-10H2,1-6H3,(H,28,32,39)/t16-,18+,20-,24-,38?/m1/s1/i10D2,20D. The lowest BCUT2D eigenvalue weighted by molar-refractivity contribution is -0.205. The lowest BCUT2D eigenvalue weighted by Gasteiger charge is -2.34. The van der Waals surface area contributed by atoms with E-state index in [1.165, 1.54) is 6.07 Å². The van der Waals surface area contributed by atoms with Crippen LogP contribution in [0.15, 0.2) is 17.1 Å². The second-order valence-electron chi connectivity index (χ2n) is 11.2. The number of rotatable bonds is 4. The fourth-order valence-corrected chi connectivity index (χ4v) is 5.36. The van der Waals surface area contributed by atoms with Crippen LogP contribution in [-0.2, 0) is 35.8 Å². The highest BCUT2D eigenvalue weighted by Gasteiger charge is 2.58. The van der Waals surface area contributed by atoms with Gasteiger partial charge in [-0.3, -0.25) is 18.6 Å². The van der Waals surface area contributed by atoms with Crippen molar-refractivity contribution < 1.29 is 46.0 Å². The van der Waals surface area contributed by atoms with Gasteiger partial charge in [0.15, 0.2) is 6.20 Å². The highest BCUT2D eigenvalue weighted by molar-refractivity contribution is 7.71. The van der Waals surface area contributed by atoms with E-state index in [1.54, 1.807) is 41.5 Å². The van der Waals surface area contributed by atoms with Crippen molar-refractivity contribution in [3.63, 3.8) is 0 Å². The fraction of sp³-hybridized carbons (Fsp3) is 0.583. The first-order chi connectivity index (χ1) is 18.9. The molecule has 0 aliphatic carbocycles. The van der Waals surface area contributed by atoms with Crippen LogP contribution >= 0.6 is 31.6 Å². The molecule has 1 fully saturated rings. The Bertz CT molecular complexity index is 1610. The molecule has 0 spiro atoms. The average Bonchev–Trinajstić information content (AvgIpc) is 3.00. The predicted molar refractivity (Wildman–Crippen MR) is 140 cm³/mol. The SMILES string of the molecule is [2H]C([2H])(OP1(=O)OCc2c(F)c(C(C)(C)C)cc(C(C)(C)C)c2O1)[C@@]1(F)O[C@@]([2H])(n2cc(Cl)c(=S)[nH]c2=O)[C@H](O)[C@@H]1O. The number of aliphatic hydroxyl groups excluding tert-OH is 2. The number of nitrogens with zero attached hydrogens (tertiary/aromatic N) is 1. The van der Waals surface area contributed by atoms with Crippen LogP contribution in [0.2, 0.25) is 5.02 Å². The van der Waals surface area contributed by atoms with Gasteiger partial charge in [0, 0.05) is 11.8 Å². The Morgan fingerprint density at radius 1 is 1.33 bits per heavy atom.